The van der Waals surface area contributed by atoms with Gasteiger partial charge in [-0.2, -0.15) is 0 Å². The van der Waals surface area contributed by atoms with Crippen LogP contribution in [0.15, 0.2) is 0 Å². The topological polar surface area (TPSA) is 78.9 Å². The molecule has 2 atom stereocenters. The Morgan fingerprint density at radius 3 is 2.67 bits per heavy atom. The molecular formula is C10H16F2N2O4. The van der Waals surface area contributed by atoms with Crippen LogP contribution in [0.4, 0.5) is 13.6 Å². The average Bonchev–Trinajstić information content (AvgIpc) is 2.34. The molecule has 1 rings (SSSR count). The number of carbonyl (C=O) groups excluding carboxylic acids is 1. The van der Waals surface area contributed by atoms with Crippen LogP contribution in [-0.4, -0.2) is 61.3 Å². The van der Waals surface area contributed by atoms with Crippen molar-refractivity contribution in [2.75, 3.05) is 26.7 Å². The lowest BCUT2D eigenvalue weighted by atomic mass is 9.94. The van der Waals surface area contributed by atoms with E-state index in [0.29, 0.717) is 0 Å². The third kappa shape index (κ3) is 4.10. The molecule has 0 aromatic rings. The maximum atomic E-state index is 12.1. The maximum Gasteiger partial charge on any atom is 0.409 e. The minimum absolute atomic E-state index is 0.0366. The van der Waals surface area contributed by atoms with Crippen molar-refractivity contribution < 1.29 is 28.2 Å². The number of carbonyl (C=O) groups is 2. The van der Waals surface area contributed by atoms with Gasteiger partial charge in [-0.25, -0.2) is 13.6 Å². The standard InChI is InChI=1S/C10H16F2N2O4/c1-18-10(17)14-4-6(9(15)16)2-7(5-14)13-3-8(11)12/h6-8,13H,2-5H2,1H3,(H,15,16). The summed E-state index contributed by atoms with van der Waals surface area (Å²) in [6.07, 6.45) is -2.94. The molecule has 8 heteroatoms. The molecule has 0 saturated carbocycles. The predicted molar refractivity (Wildman–Crippen MR) is 57.5 cm³/mol. The highest BCUT2D eigenvalue weighted by molar-refractivity contribution is 5.73. The number of rotatable bonds is 4. The van der Waals surface area contributed by atoms with E-state index in [4.69, 9.17) is 5.11 Å². The molecular weight excluding hydrogens is 250 g/mol. The van der Waals surface area contributed by atoms with Crippen molar-refractivity contribution in [1.29, 1.82) is 0 Å². The Morgan fingerprint density at radius 1 is 1.50 bits per heavy atom. The first-order valence-corrected chi connectivity index (χ1v) is 5.51. The number of amides is 1. The van der Waals surface area contributed by atoms with Gasteiger partial charge >= 0.3 is 12.1 Å². The summed E-state index contributed by atoms with van der Waals surface area (Å²) in [6.45, 7) is -0.315. The summed E-state index contributed by atoms with van der Waals surface area (Å²) in [5.74, 6) is -1.82. The van der Waals surface area contributed by atoms with Gasteiger partial charge in [-0.05, 0) is 6.42 Å². The molecule has 1 amide bonds. The summed E-state index contributed by atoms with van der Waals surface area (Å²) in [5, 5.41) is 11.5. The lowest BCUT2D eigenvalue weighted by molar-refractivity contribution is -0.143. The summed E-state index contributed by atoms with van der Waals surface area (Å²) in [4.78, 5) is 23.5. The third-order valence-electron chi connectivity index (χ3n) is 2.79. The van der Waals surface area contributed by atoms with Gasteiger partial charge in [0.15, 0.2) is 0 Å². The van der Waals surface area contributed by atoms with Gasteiger partial charge in [0.05, 0.1) is 19.6 Å². The Kier molecular flexibility index (Phi) is 5.26. The molecule has 1 saturated heterocycles. The van der Waals surface area contributed by atoms with Crippen LogP contribution in [0.2, 0.25) is 0 Å². The van der Waals surface area contributed by atoms with Gasteiger partial charge in [-0.15, -0.1) is 0 Å². The summed E-state index contributed by atoms with van der Waals surface area (Å²) in [7, 11) is 1.19. The van der Waals surface area contributed by atoms with Crippen LogP contribution < -0.4 is 5.32 Å². The number of nitrogens with zero attached hydrogens (tertiary/aromatic N) is 1. The molecule has 2 N–H and O–H groups in total. The minimum Gasteiger partial charge on any atom is -0.481 e. The molecule has 104 valence electrons. The van der Waals surface area contributed by atoms with E-state index < -0.39 is 37.0 Å². The Bertz CT molecular complexity index is 314. The third-order valence-corrected chi connectivity index (χ3v) is 2.79. The zero-order valence-corrected chi connectivity index (χ0v) is 9.94. The van der Waals surface area contributed by atoms with Gasteiger partial charge < -0.3 is 20.1 Å². The quantitative estimate of drug-likeness (QED) is 0.769. The van der Waals surface area contributed by atoms with Crippen molar-refractivity contribution in [3.05, 3.63) is 0 Å². The summed E-state index contributed by atoms with van der Waals surface area (Å²) in [6, 6.07) is -0.465. The van der Waals surface area contributed by atoms with Crippen LogP contribution in [0.5, 0.6) is 0 Å². The SMILES string of the molecule is COC(=O)N1CC(NCC(F)F)CC(C(=O)O)C1. The monoisotopic (exact) mass is 266 g/mol. The van der Waals surface area contributed by atoms with E-state index in [0.717, 1.165) is 0 Å². The molecule has 0 aliphatic carbocycles. The van der Waals surface area contributed by atoms with Crippen LogP contribution in [0.1, 0.15) is 6.42 Å². The summed E-state index contributed by atoms with van der Waals surface area (Å²) >= 11 is 0. The predicted octanol–water partition coefficient (Wildman–Crippen LogP) is 0.383. The van der Waals surface area contributed by atoms with Crippen molar-refractivity contribution in [3.8, 4) is 0 Å². The highest BCUT2D eigenvalue weighted by Gasteiger charge is 2.34. The van der Waals surface area contributed by atoms with E-state index in [1.54, 1.807) is 0 Å². The van der Waals surface area contributed by atoms with Crippen molar-refractivity contribution in [2.45, 2.75) is 18.9 Å². The van der Waals surface area contributed by atoms with E-state index in [1.807, 2.05) is 0 Å². The van der Waals surface area contributed by atoms with Crippen molar-refractivity contribution in [1.82, 2.24) is 10.2 Å². The van der Waals surface area contributed by atoms with Crippen LogP contribution in [0.3, 0.4) is 0 Å². The Hall–Kier alpha value is -1.44. The van der Waals surface area contributed by atoms with E-state index in [-0.39, 0.29) is 19.5 Å². The molecule has 0 aromatic carbocycles. The normalized spacial score (nSPS) is 24.1. The number of carboxylic acid groups (broad SMARTS) is 1. The molecule has 0 radical (unpaired) electrons. The van der Waals surface area contributed by atoms with Crippen LogP contribution in [0.25, 0.3) is 0 Å². The van der Waals surface area contributed by atoms with Crippen LogP contribution in [0, 0.1) is 5.92 Å². The lowest BCUT2D eigenvalue weighted by Crippen LogP contribution is -2.53. The number of halogens is 2. The van der Waals surface area contributed by atoms with E-state index >= 15 is 0 Å². The average molecular weight is 266 g/mol. The molecule has 1 aliphatic rings. The highest BCUT2D eigenvalue weighted by Crippen LogP contribution is 2.18. The Morgan fingerprint density at radius 2 is 2.17 bits per heavy atom. The number of aliphatic carboxylic acids is 1. The van der Waals surface area contributed by atoms with Crippen LogP contribution in [-0.2, 0) is 9.53 Å². The zero-order valence-electron chi connectivity index (χ0n) is 9.94. The Labute approximate surface area is 103 Å². The second kappa shape index (κ2) is 6.48. The molecule has 1 aliphatic heterocycles. The summed E-state index contributed by atoms with van der Waals surface area (Å²) < 4.78 is 28.7. The number of nitrogens with one attached hydrogen (secondary N) is 1. The molecule has 2 unspecified atom stereocenters. The van der Waals surface area contributed by atoms with E-state index in [1.165, 1.54) is 12.0 Å². The first-order chi connectivity index (χ1) is 8.43. The molecule has 18 heavy (non-hydrogen) atoms. The van der Waals surface area contributed by atoms with Crippen molar-refractivity contribution in [3.63, 3.8) is 0 Å². The first-order valence-electron chi connectivity index (χ1n) is 5.51. The zero-order chi connectivity index (χ0) is 13.7. The fraction of sp³-hybridized carbons (Fsp3) is 0.800. The number of ether oxygens (including phenoxy) is 1. The molecule has 0 spiro atoms. The summed E-state index contributed by atoms with van der Waals surface area (Å²) in [5.41, 5.74) is 0. The van der Waals surface area contributed by atoms with Gasteiger partial charge in [0, 0.05) is 19.1 Å². The van der Waals surface area contributed by atoms with Gasteiger partial charge in [0.25, 0.3) is 6.43 Å². The number of methoxy groups -OCH3 is 1. The van der Waals surface area contributed by atoms with Crippen molar-refractivity contribution >= 4 is 12.1 Å². The second-order valence-electron chi connectivity index (χ2n) is 4.14. The molecule has 1 fully saturated rings. The smallest absolute Gasteiger partial charge is 0.409 e. The first kappa shape index (κ1) is 14.6. The minimum atomic E-state index is -2.51. The van der Waals surface area contributed by atoms with E-state index in [2.05, 4.69) is 10.1 Å². The fourth-order valence-electron chi connectivity index (χ4n) is 1.96. The second-order valence-corrected chi connectivity index (χ2v) is 4.14. The number of carboxylic acids is 1. The Balaban J connectivity index is 2.62. The fourth-order valence-corrected chi connectivity index (χ4v) is 1.96. The highest BCUT2D eigenvalue weighted by atomic mass is 19.3. The van der Waals surface area contributed by atoms with Gasteiger partial charge in [0.2, 0.25) is 0 Å². The number of hydrogen-bond donors (Lipinski definition) is 2. The number of hydrogen-bond acceptors (Lipinski definition) is 4. The van der Waals surface area contributed by atoms with Crippen LogP contribution >= 0.6 is 0 Å². The van der Waals surface area contributed by atoms with Gasteiger partial charge in [-0.1, -0.05) is 0 Å². The van der Waals surface area contributed by atoms with E-state index in [9.17, 15) is 18.4 Å². The number of likely N-dealkylation sites (tertiary alicyclic amines) is 1. The largest absolute Gasteiger partial charge is 0.481 e. The van der Waals surface area contributed by atoms with Crippen molar-refractivity contribution in [2.24, 2.45) is 5.92 Å². The van der Waals surface area contributed by atoms with Gasteiger partial charge in [-0.3, -0.25) is 4.79 Å². The molecule has 1 heterocycles. The van der Waals surface area contributed by atoms with Gasteiger partial charge in [0.1, 0.15) is 0 Å². The molecule has 0 aromatic heterocycles. The maximum absolute atomic E-state index is 12.1. The molecule has 6 nitrogen and oxygen atoms in total. The lowest BCUT2D eigenvalue weighted by Gasteiger charge is -2.35. The number of piperidine rings is 1. The molecule has 0 bridgehead atoms. The number of alkyl halides is 2.